The van der Waals surface area contributed by atoms with Crippen molar-refractivity contribution in [3.63, 3.8) is 0 Å². The first-order chi connectivity index (χ1) is 17.9. The average molecular weight is 528 g/mol. The van der Waals surface area contributed by atoms with Crippen molar-refractivity contribution in [1.82, 2.24) is 5.32 Å². The molecule has 0 bridgehead atoms. The van der Waals surface area contributed by atoms with E-state index in [0.717, 1.165) is 22.7 Å². The second-order valence-electron chi connectivity index (χ2n) is 7.39. The number of fused-ring (bicyclic) bond motifs is 1. The summed E-state index contributed by atoms with van der Waals surface area (Å²) in [4.78, 5) is 47.2. The minimum Gasteiger partial charge on any atom is -0.490 e. The fraction of sp³-hybridized carbons (Fsp3) is 0.231. The van der Waals surface area contributed by atoms with Gasteiger partial charge in [0.05, 0.1) is 7.11 Å². The molecule has 1 atom stereocenters. The first-order valence-corrected chi connectivity index (χ1v) is 12.2. The number of methoxy groups -OCH3 is 1. The van der Waals surface area contributed by atoms with E-state index in [0.29, 0.717) is 11.3 Å². The molecule has 10 nitrogen and oxygen atoms in total. The van der Waals surface area contributed by atoms with E-state index in [1.54, 1.807) is 36.4 Å². The summed E-state index contributed by atoms with van der Waals surface area (Å²) in [7, 11) is 1.21. The molecule has 0 saturated carbocycles. The molecule has 1 N–H and O–H groups in total. The standard InChI is InChI=1S/C26H25NO9S/c1-32-25(30)21(27-26(31)35-16-18-5-3-2-4-6-18)17-37-14-11-23(28)34-13-12-33-20-9-7-19-8-10-24(29)36-22(19)15-20/h2-11,14-15,21H,12-13,16-17H2,1H3,(H,27,31)/b14-11+/t21-/m0/s1. The van der Waals surface area contributed by atoms with Crippen molar-refractivity contribution in [3.8, 4) is 5.75 Å². The summed E-state index contributed by atoms with van der Waals surface area (Å²) in [6.45, 7) is 0.138. The van der Waals surface area contributed by atoms with Crippen molar-refractivity contribution in [1.29, 1.82) is 0 Å². The number of thioether (sulfide) groups is 1. The van der Waals surface area contributed by atoms with Crippen molar-refractivity contribution in [2.45, 2.75) is 12.6 Å². The smallest absolute Gasteiger partial charge is 0.408 e. The Bertz CT molecular complexity index is 1290. The molecule has 0 unspecified atom stereocenters. The molecule has 0 saturated heterocycles. The number of esters is 2. The third-order valence-electron chi connectivity index (χ3n) is 4.74. The SMILES string of the molecule is COC(=O)[C@H](CS/C=C/C(=O)OCCOc1ccc2ccc(=O)oc2c1)NC(=O)OCc1ccccc1. The third kappa shape index (κ3) is 9.37. The molecule has 0 fully saturated rings. The molecule has 0 aliphatic carbocycles. The van der Waals surface area contributed by atoms with Crippen LogP contribution in [-0.4, -0.2) is 50.2 Å². The summed E-state index contributed by atoms with van der Waals surface area (Å²) in [5.41, 5.74) is 0.741. The predicted molar refractivity (Wildman–Crippen MR) is 136 cm³/mol. The van der Waals surface area contributed by atoms with Gasteiger partial charge in [-0.25, -0.2) is 19.2 Å². The number of hydrogen-bond donors (Lipinski definition) is 1. The van der Waals surface area contributed by atoms with Gasteiger partial charge in [0.15, 0.2) is 0 Å². The van der Waals surface area contributed by atoms with E-state index in [2.05, 4.69) is 5.32 Å². The molecule has 1 heterocycles. The first kappa shape index (κ1) is 27.3. The lowest BCUT2D eigenvalue weighted by molar-refractivity contribution is -0.142. The number of carbonyl (C=O) groups excluding carboxylic acids is 3. The Balaban J connectivity index is 1.36. The molecule has 3 rings (SSSR count). The van der Waals surface area contributed by atoms with Gasteiger partial charge in [-0.05, 0) is 29.2 Å². The summed E-state index contributed by atoms with van der Waals surface area (Å²) in [6.07, 6.45) is 0.425. The lowest BCUT2D eigenvalue weighted by Gasteiger charge is -2.15. The zero-order valence-corrected chi connectivity index (χ0v) is 20.7. The van der Waals surface area contributed by atoms with Gasteiger partial charge in [0, 0.05) is 29.3 Å². The summed E-state index contributed by atoms with van der Waals surface area (Å²) in [5, 5.41) is 4.66. The van der Waals surface area contributed by atoms with Crippen molar-refractivity contribution in [2.75, 3.05) is 26.1 Å². The van der Waals surface area contributed by atoms with Crippen LogP contribution in [0.5, 0.6) is 5.75 Å². The maximum absolute atomic E-state index is 12.0. The minimum absolute atomic E-state index is 0.00971. The molecule has 11 heteroatoms. The van der Waals surface area contributed by atoms with Crippen LogP contribution in [-0.2, 0) is 30.4 Å². The van der Waals surface area contributed by atoms with Crippen LogP contribution in [0.3, 0.4) is 0 Å². The number of benzene rings is 2. The molecule has 1 aromatic heterocycles. The number of amides is 1. The maximum atomic E-state index is 12.0. The predicted octanol–water partition coefficient (Wildman–Crippen LogP) is 3.43. The highest BCUT2D eigenvalue weighted by molar-refractivity contribution is 8.02. The van der Waals surface area contributed by atoms with Gasteiger partial charge in [-0.2, -0.15) is 0 Å². The van der Waals surface area contributed by atoms with Crippen LogP contribution in [0.4, 0.5) is 4.79 Å². The van der Waals surface area contributed by atoms with E-state index in [4.69, 9.17) is 23.4 Å². The first-order valence-electron chi connectivity index (χ1n) is 11.1. The maximum Gasteiger partial charge on any atom is 0.408 e. The molecule has 0 aliphatic heterocycles. The zero-order valence-electron chi connectivity index (χ0n) is 19.9. The Morgan fingerprint density at radius 1 is 1.03 bits per heavy atom. The van der Waals surface area contributed by atoms with E-state index in [9.17, 15) is 19.2 Å². The molecule has 1 amide bonds. The average Bonchev–Trinajstić information content (AvgIpc) is 2.91. The molecule has 2 aromatic carbocycles. The summed E-state index contributed by atoms with van der Waals surface area (Å²) < 4.78 is 25.5. The fourth-order valence-corrected chi connectivity index (χ4v) is 3.68. The van der Waals surface area contributed by atoms with Crippen LogP contribution in [0.2, 0.25) is 0 Å². The molecule has 0 spiro atoms. The van der Waals surface area contributed by atoms with E-state index in [-0.39, 0.29) is 25.6 Å². The number of nitrogens with one attached hydrogen (secondary N) is 1. The van der Waals surface area contributed by atoms with Gasteiger partial charge in [0.1, 0.15) is 37.2 Å². The molecular weight excluding hydrogens is 502 g/mol. The van der Waals surface area contributed by atoms with Gasteiger partial charge in [-0.1, -0.05) is 30.3 Å². The Morgan fingerprint density at radius 2 is 1.81 bits per heavy atom. The van der Waals surface area contributed by atoms with Gasteiger partial charge in [-0.3, -0.25) is 0 Å². The fourth-order valence-electron chi connectivity index (χ4n) is 2.95. The van der Waals surface area contributed by atoms with Gasteiger partial charge < -0.3 is 28.7 Å². The number of alkyl carbamates (subject to hydrolysis) is 1. The highest BCUT2D eigenvalue weighted by Crippen LogP contribution is 2.19. The van der Waals surface area contributed by atoms with Gasteiger partial charge in [-0.15, -0.1) is 11.8 Å². The monoisotopic (exact) mass is 527 g/mol. The van der Waals surface area contributed by atoms with Crippen LogP contribution >= 0.6 is 11.8 Å². The molecule has 0 aliphatic rings. The zero-order chi connectivity index (χ0) is 26.5. The highest BCUT2D eigenvalue weighted by atomic mass is 32.2. The normalized spacial score (nSPS) is 11.6. The van der Waals surface area contributed by atoms with E-state index < -0.39 is 29.7 Å². The largest absolute Gasteiger partial charge is 0.490 e. The summed E-state index contributed by atoms with van der Waals surface area (Å²) >= 11 is 1.11. The lowest BCUT2D eigenvalue weighted by Crippen LogP contribution is -2.43. The summed E-state index contributed by atoms with van der Waals surface area (Å²) in [5.74, 6) is -0.679. The number of hydrogen-bond acceptors (Lipinski definition) is 10. The van der Waals surface area contributed by atoms with Gasteiger partial charge >= 0.3 is 23.7 Å². The second-order valence-corrected chi connectivity index (χ2v) is 8.33. The van der Waals surface area contributed by atoms with Gasteiger partial charge in [0.25, 0.3) is 0 Å². The Labute approximate surface area is 216 Å². The van der Waals surface area contributed by atoms with Gasteiger partial charge in [0.2, 0.25) is 0 Å². The van der Waals surface area contributed by atoms with E-state index in [1.807, 2.05) is 18.2 Å². The van der Waals surface area contributed by atoms with Crippen molar-refractivity contribution < 1.29 is 37.7 Å². The molecule has 3 aromatic rings. The lowest BCUT2D eigenvalue weighted by atomic mass is 10.2. The van der Waals surface area contributed by atoms with Crippen molar-refractivity contribution in [3.05, 3.63) is 88.1 Å². The van der Waals surface area contributed by atoms with E-state index in [1.165, 1.54) is 24.7 Å². The highest BCUT2D eigenvalue weighted by Gasteiger charge is 2.22. The number of rotatable bonds is 12. The minimum atomic E-state index is -0.973. The van der Waals surface area contributed by atoms with Crippen LogP contribution in [0.1, 0.15) is 5.56 Å². The summed E-state index contributed by atoms with van der Waals surface area (Å²) in [6, 6.07) is 16.2. The topological polar surface area (TPSA) is 130 Å². The molecule has 0 radical (unpaired) electrons. The third-order valence-corrected chi connectivity index (χ3v) is 5.60. The Kier molecular flexibility index (Phi) is 10.6. The van der Waals surface area contributed by atoms with E-state index >= 15 is 0 Å². The quantitative estimate of drug-likeness (QED) is 0.123. The van der Waals surface area contributed by atoms with Crippen molar-refractivity contribution in [2.24, 2.45) is 0 Å². The van der Waals surface area contributed by atoms with Crippen molar-refractivity contribution >= 4 is 40.8 Å². The Morgan fingerprint density at radius 3 is 2.59 bits per heavy atom. The van der Waals surface area contributed by atoms with Crippen LogP contribution in [0, 0.1) is 0 Å². The number of ether oxygens (including phenoxy) is 4. The van der Waals surface area contributed by atoms with Crippen LogP contribution < -0.4 is 15.7 Å². The number of carbonyl (C=O) groups is 3. The molecule has 194 valence electrons. The van der Waals surface area contributed by atoms with Crippen LogP contribution in [0.15, 0.2) is 81.4 Å². The Hall–Kier alpha value is -4.25. The second kappa shape index (κ2) is 14.3. The molecular formula is C26H25NO9S. The molecule has 37 heavy (non-hydrogen) atoms. The van der Waals surface area contributed by atoms with Crippen LogP contribution in [0.25, 0.3) is 11.0 Å².